The van der Waals surface area contributed by atoms with Gasteiger partial charge in [0.25, 0.3) is 17.7 Å². The summed E-state index contributed by atoms with van der Waals surface area (Å²) < 4.78 is 0. The molecule has 2 fully saturated rings. The van der Waals surface area contributed by atoms with Crippen molar-refractivity contribution in [1.29, 1.82) is 0 Å². The molecule has 234 valence electrons. The third-order valence-electron chi connectivity index (χ3n) is 9.76. The monoisotopic (exact) mass is 622 g/mol. The number of nitrogens with zero attached hydrogens (tertiary/aromatic N) is 6. The van der Waals surface area contributed by atoms with E-state index in [-0.39, 0.29) is 24.4 Å². The van der Waals surface area contributed by atoms with Crippen molar-refractivity contribution in [2.24, 2.45) is 21.4 Å². The van der Waals surface area contributed by atoms with Crippen molar-refractivity contribution in [3.05, 3.63) is 119 Å². The summed E-state index contributed by atoms with van der Waals surface area (Å²) in [7, 11) is 0. The van der Waals surface area contributed by atoms with E-state index in [4.69, 9.17) is 5.10 Å². The van der Waals surface area contributed by atoms with E-state index in [2.05, 4.69) is 71.9 Å². The molecule has 9 heteroatoms. The van der Waals surface area contributed by atoms with Gasteiger partial charge in [-0.3, -0.25) is 19.4 Å². The third kappa shape index (κ3) is 4.93. The van der Waals surface area contributed by atoms with E-state index in [0.29, 0.717) is 5.69 Å². The van der Waals surface area contributed by atoms with Crippen LogP contribution in [0.1, 0.15) is 47.6 Å². The molecular formula is C38H34N6O3. The fourth-order valence-corrected chi connectivity index (χ4v) is 7.37. The zero-order valence-electron chi connectivity index (χ0n) is 26.3. The van der Waals surface area contributed by atoms with Gasteiger partial charge in [-0.2, -0.15) is 10.2 Å². The maximum Gasteiger partial charge on any atom is 0.264 e. The standard InChI is InChI=1S/C38H34N6O3/c1-23-13-17-25(18-14-23)21-28-9-5-11-30-33(28)40-44(35(30)27-19-15-24(2)16-20-27)32(45)22-42-36-34(39-41-42)37(46)43(38(36)47)31-12-6-8-26-7-3-4-10-29(26)31/h3-4,6-8,10,12-21,30,34-36H,5,9,11,22H2,1-2H3/b28-21+/t30-,34-,35-,36+/m0/s1. The number of allylic oxidation sites excluding steroid dienone is 1. The Hall–Kier alpha value is -5.44. The van der Waals surface area contributed by atoms with Gasteiger partial charge in [0.2, 0.25) is 0 Å². The number of carbonyl (C=O) groups is 3. The van der Waals surface area contributed by atoms with E-state index >= 15 is 0 Å². The lowest BCUT2D eigenvalue weighted by Gasteiger charge is -2.30. The second-order valence-corrected chi connectivity index (χ2v) is 12.9. The molecule has 9 nitrogen and oxygen atoms in total. The van der Waals surface area contributed by atoms with Gasteiger partial charge in [0.15, 0.2) is 12.1 Å². The van der Waals surface area contributed by atoms with Crippen LogP contribution in [0.3, 0.4) is 0 Å². The van der Waals surface area contributed by atoms with Gasteiger partial charge < -0.3 is 0 Å². The lowest BCUT2D eigenvalue weighted by atomic mass is 9.77. The van der Waals surface area contributed by atoms with Crippen molar-refractivity contribution in [2.75, 3.05) is 11.4 Å². The number of carbonyl (C=O) groups excluding carboxylic acids is 3. The number of amides is 3. The maximum absolute atomic E-state index is 14.2. The number of hydrogen-bond acceptors (Lipinski definition) is 7. The van der Waals surface area contributed by atoms with Gasteiger partial charge in [0.05, 0.1) is 17.4 Å². The first-order valence-electron chi connectivity index (χ1n) is 16.1. The molecule has 1 aliphatic carbocycles. The SMILES string of the molecule is Cc1ccc(/C=C2\CCC[C@H]3C2=NN(C(=O)CN2N=N[C@@H]4C(=O)N(c5cccc6ccccc56)C(=O)[C@@H]42)[C@H]3c2ccc(C)cc2)cc1. The van der Waals surface area contributed by atoms with Crippen LogP contribution in [0.25, 0.3) is 16.8 Å². The van der Waals surface area contributed by atoms with Crippen molar-refractivity contribution in [1.82, 2.24) is 10.0 Å². The first-order valence-corrected chi connectivity index (χ1v) is 16.1. The second kappa shape index (κ2) is 11.4. The Morgan fingerprint density at radius 3 is 2.36 bits per heavy atom. The number of hydrogen-bond donors (Lipinski definition) is 0. The van der Waals surface area contributed by atoms with Crippen LogP contribution >= 0.6 is 0 Å². The van der Waals surface area contributed by atoms with E-state index in [9.17, 15) is 14.4 Å². The summed E-state index contributed by atoms with van der Waals surface area (Å²) in [5, 5.41) is 18.1. The molecule has 4 aromatic rings. The van der Waals surface area contributed by atoms with Crippen LogP contribution in [-0.4, -0.2) is 52.1 Å². The van der Waals surface area contributed by atoms with Gasteiger partial charge in [-0.1, -0.05) is 101 Å². The summed E-state index contributed by atoms with van der Waals surface area (Å²) in [5.41, 5.74) is 7.04. The molecule has 4 aliphatic rings. The topological polar surface area (TPSA) is 98.0 Å². The van der Waals surface area contributed by atoms with Crippen molar-refractivity contribution in [3.8, 4) is 0 Å². The van der Waals surface area contributed by atoms with Crippen LogP contribution in [0.2, 0.25) is 0 Å². The maximum atomic E-state index is 14.2. The summed E-state index contributed by atoms with van der Waals surface area (Å²) in [6.07, 6.45) is 4.98. The lowest BCUT2D eigenvalue weighted by Crippen LogP contribution is -2.45. The predicted molar refractivity (Wildman–Crippen MR) is 180 cm³/mol. The van der Waals surface area contributed by atoms with Gasteiger partial charge >= 0.3 is 0 Å². The first-order chi connectivity index (χ1) is 22.9. The fraction of sp³-hybridized carbons (Fsp3) is 0.263. The Morgan fingerprint density at radius 2 is 1.57 bits per heavy atom. The molecule has 1 saturated heterocycles. The smallest absolute Gasteiger partial charge is 0.264 e. The largest absolute Gasteiger partial charge is 0.271 e. The Morgan fingerprint density at radius 1 is 0.851 bits per heavy atom. The third-order valence-corrected chi connectivity index (χ3v) is 9.76. The van der Waals surface area contributed by atoms with E-state index in [1.165, 1.54) is 15.5 Å². The molecule has 1 saturated carbocycles. The Bertz CT molecular complexity index is 2010. The Balaban J connectivity index is 1.10. The van der Waals surface area contributed by atoms with Crippen molar-refractivity contribution in [3.63, 3.8) is 0 Å². The molecule has 4 aromatic carbocycles. The van der Waals surface area contributed by atoms with Crippen LogP contribution in [-0.2, 0) is 14.4 Å². The average Bonchev–Trinajstić information content (AvgIpc) is 3.75. The molecule has 0 radical (unpaired) electrons. The Kier molecular flexibility index (Phi) is 7.04. The van der Waals surface area contributed by atoms with E-state index in [0.717, 1.165) is 58.0 Å². The molecule has 3 amide bonds. The zero-order valence-corrected chi connectivity index (χ0v) is 26.3. The molecule has 0 N–H and O–H groups in total. The van der Waals surface area contributed by atoms with Gasteiger partial charge in [-0.05, 0) is 67.3 Å². The second-order valence-electron chi connectivity index (χ2n) is 12.9. The molecule has 0 aromatic heterocycles. The lowest BCUT2D eigenvalue weighted by molar-refractivity contribution is -0.136. The van der Waals surface area contributed by atoms with E-state index < -0.39 is 23.9 Å². The minimum atomic E-state index is -1.00. The van der Waals surface area contributed by atoms with Gasteiger partial charge in [-0.25, -0.2) is 9.91 Å². The summed E-state index contributed by atoms with van der Waals surface area (Å²) in [5.74, 6) is -1.13. The van der Waals surface area contributed by atoms with Crippen LogP contribution in [0, 0.1) is 19.8 Å². The molecule has 3 aliphatic heterocycles. The van der Waals surface area contributed by atoms with E-state index in [1.54, 1.807) is 11.1 Å². The molecule has 8 rings (SSSR count). The summed E-state index contributed by atoms with van der Waals surface area (Å²) in [6.45, 7) is 3.89. The normalized spacial score (nSPS) is 24.3. The highest BCUT2D eigenvalue weighted by Crippen LogP contribution is 2.45. The number of aryl methyl sites for hydroxylation is 2. The van der Waals surface area contributed by atoms with Crippen LogP contribution in [0.5, 0.6) is 0 Å². The van der Waals surface area contributed by atoms with Crippen molar-refractivity contribution >= 4 is 46.0 Å². The highest BCUT2D eigenvalue weighted by Gasteiger charge is 2.56. The van der Waals surface area contributed by atoms with Crippen molar-refractivity contribution < 1.29 is 14.4 Å². The van der Waals surface area contributed by atoms with E-state index in [1.807, 2.05) is 43.3 Å². The summed E-state index contributed by atoms with van der Waals surface area (Å²) >= 11 is 0. The molecule has 3 heterocycles. The molecule has 47 heavy (non-hydrogen) atoms. The molecule has 0 bridgehead atoms. The number of hydrazone groups is 1. The highest BCUT2D eigenvalue weighted by molar-refractivity contribution is 6.27. The Labute approximate surface area is 272 Å². The fourth-order valence-electron chi connectivity index (χ4n) is 7.37. The molecule has 4 atom stereocenters. The minimum Gasteiger partial charge on any atom is -0.271 e. The van der Waals surface area contributed by atoms with Crippen LogP contribution < -0.4 is 4.90 Å². The molecular weight excluding hydrogens is 588 g/mol. The molecule has 0 spiro atoms. The predicted octanol–water partition coefficient (Wildman–Crippen LogP) is 6.57. The van der Waals surface area contributed by atoms with Gasteiger partial charge in [0, 0.05) is 11.3 Å². The van der Waals surface area contributed by atoms with Crippen LogP contribution in [0.4, 0.5) is 5.69 Å². The highest BCUT2D eigenvalue weighted by atomic mass is 16.2. The number of benzene rings is 4. The zero-order chi connectivity index (χ0) is 32.2. The molecule has 0 unspecified atom stereocenters. The average molecular weight is 623 g/mol. The number of fused-ring (bicyclic) bond motifs is 3. The quantitative estimate of drug-likeness (QED) is 0.235. The van der Waals surface area contributed by atoms with Crippen molar-refractivity contribution in [2.45, 2.75) is 51.2 Å². The van der Waals surface area contributed by atoms with Crippen LogP contribution in [0.15, 0.2) is 112 Å². The summed E-state index contributed by atoms with van der Waals surface area (Å²) in [6, 6.07) is 27.6. The number of imide groups is 1. The summed E-state index contributed by atoms with van der Waals surface area (Å²) in [4.78, 5) is 42.9. The van der Waals surface area contributed by atoms with Gasteiger partial charge in [-0.15, -0.1) is 0 Å². The minimum absolute atomic E-state index is 0.0385. The van der Waals surface area contributed by atoms with Gasteiger partial charge in [0.1, 0.15) is 6.54 Å². The first kappa shape index (κ1) is 29.0. The number of anilines is 1. The number of rotatable bonds is 5.